The Morgan fingerprint density at radius 2 is 0.846 bits per heavy atom. The van der Waals surface area contributed by atoms with Crippen LogP contribution in [0, 0.1) is 13.8 Å². The molecule has 0 spiro atoms. The van der Waals surface area contributed by atoms with Gasteiger partial charge in [-0.3, -0.25) is 0 Å². The van der Waals surface area contributed by atoms with E-state index in [4.69, 9.17) is 0 Å². The van der Waals surface area contributed by atoms with Crippen LogP contribution in [0.2, 0.25) is 19.4 Å². The fourth-order valence-electron chi connectivity index (χ4n) is 11.6. The van der Waals surface area contributed by atoms with Gasteiger partial charge in [-0.1, -0.05) is 0 Å². The average Bonchev–Trinajstić information content (AvgIpc) is 3.65. The van der Waals surface area contributed by atoms with Crippen molar-refractivity contribution >= 4 is 17.6 Å². The monoisotopic (exact) mass is 874 g/mol. The van der Waals surface area contributed by atoms with Gasteiger partial charge in [-0.15, -0.1) is 0 Å². The van der Waals surface area contributed by atoms with E-state index in [9.17, 15) is 0 Å². The van der Waals surface area contributed by atoms with Gasteiger partial charge >= 0.3 is 321 Å². The van der Waals surface area contributed by atoms with Crippen LogP contribution in [0.5, 0.6) is 0 Å². The van der Waals surface area contributed by atoms with Gasteiger partial charge in [0.15, 0.2) is 0 Å². The van der Waals surface area contributed by atoms with Crippen LogP contribution in [0.15, 0.2) is 84.9 Å². The molecule has 2 aliphatic rings. The van der Waals surface area contributed by atoms with E-state index in [1.807, 2.05) is 0 Å². The number of hydrogen-bond acceptors (Lipinski definition) is 0. The molecule has 0 nitrogen and oxygen atoms in total. The van der Waals surface area contributed by atoms with Crippen LogP contribution in [0.25, 0.3) is 34.4 Å². The Hall–Kier alpha value is -2.55. The number of hydrogen-bond donors (Lipinski definition) is 0. The third-order valence-corrected chi connectivity index (χ3v) is 73.0. The first-order chi connectivity index (χ1) is 23.8. The van der Waals surface area contributed by atoms with Gasteiger partial charge in [0.05, 0.1) is 0 Å². The standard InChI is InChI=1S/2C20H21.C8H18Si.2CH3.Hf/c2*1-14-13-16(20(2,3)4)11-12-17(14)19-10-6-8-15-7-5-9-18(15)19;1-7(2,3)9-8(4,5)6;;;/h2*5-13H,1-4H3;1-6H3;2*1H3;. The van der Waals surface area contributed by atoms with E-state index in [1.54, 1.807) is 11.1 Å². The van der Waals surface area contributed by atoms with Crippen LogP contribution in [0.1, 0.15) is 135 Å². The van der Waals surface area contributed by atoms with Crippen molar-refractivity contribution in [3.8, 4) is 22.3 Å². The van der Waals surface area contributed by atoms with Crippen molar-refractivity contribution in [3.63, 3.8) is 0 Å². The molecule has 4 aromatic carbocycles. The van der Waals surface area contributed by atoms with Gasteiger partial charge < -0.3 is 0 Å². The van der Waals surface area contributed by atoms with Crippen LogP contribution in [-0.4, -0.2) is 5.49 Å². The summed E-state index contributed by atoms with van der Waals surface area (Å²) in [7, 11) is 0. The summed E-state index contributed by atoms with van der Waals surface area (Å²) in [5.41, 5.74) is 16.5. The Labute approximate surface area is 318 Å². The summed E-state index contributed by atoms with van der Waals surface area (Å²) in [5.74, 6) is 0. The van der Waals surface area contributed by atoms with Crippen LogP contribution in [0.3, 0.4) is 0 Å². The van der Waals surface area contributed by atoms with Gasteiger partial charge in [-0.05, 0) is 0 Å². The number of benzene rings is 4. The molecule has 4 aromatic rings. The first kappa shape index (κ1) is 39.1. The summed E-state index contributed by atoms with van der Waals surface area (Å²) in [6, 6.07) is 28.9. The van der Waals surface area contributed by atoms with E-state index >= 15 is 0 Å². The van der Waals surface area contributed by atoms with E-state index < -0.39 is 22.6 Å². The quantitative estimate of drug-likeness (QED) is 0.179. The fraction of sp³-hybridized carbons (Fsp3) is 0.440. The molecule has 52 heavy (non-hydrogen) atoms. The maximum absolute atomic E-state index is 4.23. The summed E-state index contributed by atoms with van der Waals surface area (Å²) in [4.78, 5) is 0. The zero-order valence-corrected chi connectivity index (χ0v) is 40.0. The zero-order chi connectivity index (χ0) is 38.4. The molecule has 0 amide bonds. The van der Waals surface area contributed by atoms with Crippen molar-refractivity contribution in [2.24, 2.45) is 0 Å². The average molecular weight is 874 g/mol. The molecule has 0 aliphatic heterocycles. The summed E-state index contributed by atoms with van der Waals surface area (Å²) in [6.07, 6.45) is 10.5. The zero-order valence-electron chi connectivity index (χ0n) is 35.4. The fourth-order valence-corrected chi connectivity index (χ4v) is 96.0. The minimum absolute atomic E-state index is 0.135. The Morgan fingerprint density at radius 3 is 1.15 bits per heavy atom. The molecule has 2 aliphatic carbocycles. The van der Waals surface area contributed by atoms with Crippen LogP contribution < -0.4 is 0 Å². The number of fused-ring (bicyclic) bond motifs is 2. The van der Waals surface area contributed by atoms with Gasteiger partial charge in [-0.25, -0.2) is 0 Å². The first-order valence-corrected chi connectivity index (χ1v) is 38.0. The normalized spacial score (nSPS) is 17.8. The molecular weight excluding hydrogens is 807 g/mol. The molecule has 0 fully saturated rings. The second-order valence-corrected chi connectivity index (χ2v) is 66.6. The van der Waals surface area contributed by atoms with Crippen molar-refractivity contribution in [1.29, 1.82) is 0 Å². The van der Waals surface area contributed by atoms with E-state index in [2.05, 4.69) is 203 Å². The molecule has 2 heteroatoms. The Morgan fingerprint density at radius 1 is 0.481 bits per heavy atom. The van der Waals surface area contributed by atoms with E-state index in [0.29, 0.717) is 7.35 Å². The summed E-state index contributed by atoms with van der Waals surface area (Å²) >= 11 is -4.23. The van der Waals surface area contributed by atoms with Crippen LogP contribution >= 0.6 is 0 Å². The van der Waals surface area contributed by atoms with E-state index in [-0.39, 0.29) is 20.9 Å². The predicted molar refractivity (Wildman–Crippen MR) is 231 cm³/mol. The van der Waals surface area contributed by atoms with Gasteiger partial charge in [0.2, 0.25) is 0 Å². The Kier molecular flexibility index (Phi) is 9.61. The van der Waals surface area contributed by atoms with E-state index in [0.717, 1.165) is 0 Å². The molecular formula is C50H66HfSi. The molecule has 2 atom stereocenters. The topological polar surface area (TPSA) is 0 Å². The molecule has 0 aromatic heterocycles. The molecule has 0 saturated heterocycles. The van der Waals surface area contributed by atoms with E-state index in [1.165, 1.54) is 55.6 Å². The van der Waals surface area contributed by atoms with Crippen molar-refractivity contribution in [2.75, 3.05) is 0 Å². The molecule has 0 radical (unpaired) electrons. The second-order valence-electron chi connectivity index (χ2n) is 21.3. The Bertz CT molecular complexity index is 2050. The molecule has 0 saturated carbocycles. The second kappa shape index (κ2) is 12.8. The molecule has 6 rings (SSSR count). The van der Waals surface area contributed by atoms with Gasteiger partial charge in [0.1, 0.15) is 0 Å². The Balaban J connectivity index is 1.60. The van der Waals surface area contributed by atoms with Crippen molar-refractivity contribution in [2.45, 2.75) is 135 Å². The third-order valence-electron chi connectivity index (χ3n) is 12.8. The molecule has 2 unspecified atom stereocenters. The molecule has 0 heterocycles. The summed E-state index contributed by atoms with van der Waals surface area (Å²) in [6.45, 7) is 34.0. The molecule has 274 valence electrons. The van der Waals surface area contributed by atoms with Crippen LogP contribution in [0.4, 0.5) is 0 Å². The van der Waals surface area contributed by atoms with Gasteiger partial charge in [0.25, 0.3) is 0 Å². The molecule has 0 bridgehead atoms. The van der Waals surface area contributed by atoms with Crippen LogP contribution in [-0.2, 0) is 28.0 Å². The first-order valence-electron chi connectivity index (χ1n) is 19.8. The SMILES string of the molecule is Cc1cc(C(C)(C)C)ccc1-c1cccc2c1C=C[CH]2[Hf]([CH3])([CH3])([CH]1C=Cc2c(-c3ccc(C(C)(C)C)cc3C)cccc21)=[Si](C(C)(C)C)C(C)(C)C. The minimum atomic E-state index is -4.23. The predicted octanol–water partition coefficient (Wildman–Crippen LogP) is 15.4. The summed E-state index contributed by atoms with van der Waals surface area (Å²) < 4.78 is 6.79. The summed E-state index contributed by atoms with van der Waals surface area (Å²) in [5, 5.41) is 0.479. The molecule has 0 N–H and O–H groups in total. The maximum atomic E-state index is 2.92. The number of allylic oxidation sites excluding steroid dienone is 2. The third kappa shape index (κ3) is 6.50. The number of rotatable bonds is 4. The van der Waals surface area contributed by atoms with Crippen molar-refractivity contribution in [1.82, 2.24) is 0 Å². The van der Waals surface area contributed by atoms with Gasteiger partial charge in [0, 0.05) is 0 Å². The van der Waals surface area contributed by atoms with Crippen molar-refractivity contribution in [3.05, 3.63) is 129 Å². The number of aryl methyl sites for hydroxylation is 2. The van der Waals surface area contributed by atoms with Crippen molar-refractivity contribution < 1.29 is 17.1 Å². The van der Waals surface area contributed by atoms with Gasteiger partial charge in [-0.2, -0.15) is 0 Å².